The lowest BCUT2D eigenvalue weighted by atomic mass is 10.1. The maximum Gasteiger partial charge on any atom is 0.335 e. The number of aromatic carboxylic acids is 1. The van der Waals surface area contributed by atoms with Gasteiger partial charge in [-0.1, -0.05) is 32.6 Å². The Morgan fingerprint density at radius 2 is 2.05 bits per heavy atom. The Bertz CT molecular complexity index is 463. The predicted octanol–water partition coefficient (Wildman–Crippen LogP) is 3.61. The van der Waals surface area contributed by atoms with Gasteiger partial charge in [-0.05, 0) is 24.6 Å². The third kappa shape index (κ3) is 5.01. The molecule has 0 fully saturated rings. The number of unbranched alkanes of at least 4 members (excludes halogenated alkanes) is 4. The van der Waals surface area contributed by atoms with Crippen LogP contribution in [0.2, 0.25) is 0 Å². The van der Waals surface area contributed by atoms with Gasteiger partial charge in [0, 0.05) is 0 Å². The van der Waals surface area contributed by atoms with Crippen molar-refractivity contribution in [1.82, 2.24) is 0 Å². The average molecular weight is 261 g/mol. The molecule has 0 aliphatic heterocycles. The zero-order chi connectivity index (χ0) is 14.1. The number of carboxylic acids is 1. The van der Waals surface area contributed by atoms with Gasteiger partial charge in [0.2, 0.25) is 0 Å². The minimum atomic E-state index is -1.04. The predicted molar refractivity (Wildman–Crippen MR) is 72.4 cm³/mol. The first kappa shape index (κ1) is 15.0. The number of carboxylic acid groups (broad SMARTS) is 1. The minimum absolute atomic E-state index is 0.104. The third-order valence-corrected chi connectivity index (χ3v) is 2.85. The molecule has 0 aliphatic rings. The largest absolute Gasteiger partial charge is 0.492 e. The van der Waals surface area contributed by atoms with E-state index in [0.29, 0.717) is 12.4 Å². The number of rotatable bonds is 8. The number of nitriles is 1. The molecule has 0 aromatic heterocycles. The highest BCUT2D eigenvalue weighted by Gasteiger charge is 2.08. The molecular weight excluding hydrogens is 242 g/mol. The van der Waals surface area contributed by atoms with Crippen LogP contribution in [-0.4, -0.2) is 17.7 Å². The number of benzene rings is 1. The molecule has 0 heterocycles. The Balaban J connectivity index is 2.50. The van der Waals surface area contributed by atoms with E-state index in [1.807, 2.05) is 6.07 Å². The lowest BCUT2D eigenvalue weighted by molar-refractivity contribution is 0.0697. The van der Waals surface area contributed by atoms with Crippen molar-refractivity contribution in [2.24, 2.45) is 0 Å². The lowest BCUT2D eigenvalue weighted by Gasteiger charge is -2.08. The van der Waals surface area contributed by atoms with Crippen LogP contribution in [-0.2, 0) is 0 Å². The van der Waals surface area contributed by atoms with E-state index in [2.05, 4.69) is 6.92 Å². The van der Waals surface area contributed by atoms with E-state index in [1.165, 1.54) is 31.4 Å². The summed E-state index contributed by atoms with van der Waals surface area (Å²) < 4.78 is 5.53. The molecule has 0 aliphatic carbocycles. The second-order valence-corrected chi connectivity index (χ2v) is 4.39. The van der Waals surface area contributed by atoms with Crippen LogP contribution in [0.4, 0.5) is 0 Å². The van der Waals surface area contributed by atoms with Gasteiger partial charge in [-0.3, -0.25) is 0 Å². The molecule has 0 amide bonds. The molecule has 1 aromatic carbocycles. The SMILES string of the molecule is CCCCCCCOc1ccc(C(=O)O)cc1C#N. The Kier molecular flexibility index (Phi) is 6.45. The van der Waals surface area contributed by atoms with Crippen LogP contribution in [0, 0.1) is 11.3 Å². The molecule has 1 rings (SSSR count). The smallest absolute Gasteiger partial charge is 0.335 e. The standard InChI is InChI=1S/C15H19NO3/c1-2-3-4-5-6-9-19-14-8-7-12(15(17)18)10-13(14)11-16/h7-8,10H,2-6,9H2,1H3,(H,17,18). The highest BCUT2D eigenvalue weighted by atomic mass is 16.5. The van der Waals surface area contributed by atoms with Crippen molar-refractivity contribution in [3.63, 3.8) is 0 Å². The first-order valence-corrected chi connectivity index (χ1v) is 6.59. The van der Waals surface area contributed by atoms with Crippen molar-refractivity contribution in [1.29, 1.82) is 5.26 Å². The summed E-state index contributed by atoms with van der Waals surface area (Å²) in [5.74, 6) is -0.578. The van der Waals surface area contributed by atoms with Gasteiger partial charge in [-0.2, -0.15) is 5.26 Å². The number of carbonyl (C=O) groups is 1. The van der Waals surface area contributed by atoms with Crippen LogP contribution < -0.4 is 4.74 Å². The Hall–Kier alpha value is -2.02. The van der Waals surface area contributed by atoms with Crippen molar-refractivity contribution in [3.05, 3.63) is 29.3 Å². The molecule has 4 heteroatoms. The zero-order valence-corrected chi connectivity index (χ0v) is 11.2. The van der Waals surface area contributed by atoms with E-state index in [-0.39, 0.29) is 11.1 Å². The summed E-state index contributed by atoms with van der Waals surface area (Å²) in [7, 11) is 0. The van der Waals surface area contributed by atoms with Gasteiger partial charge in [-0.15, -0.1) is 0 Å². The number of ether oxygens (including phenoxy) is 1. The maximum atomic E-state index is 10.8. The van der Waals surface area contributed by atoms with Crippen LogP contribution in [0.25, 0.3) is 0 Å². The van der Waals surface area contributed by atoms with E-state index in [4.69, 9.17) is 15.1 Å². The molecule has 0 saturated carbocycles. The van der Waals surface area contributed by atoms with Crippen LogP contribution >= 0.6 is 0 Å². The van der Waals surface area contributed by atoms with E-state index >= 15 is 0 Å². The molecule has 0 unspecified atom stereocenters. The molecule has 4 nitrogen and oxygen atoms in total. The van der Waals surface area contributed by atoms with Crippen LogP contribution in [0.3, 0.4) is 0 Å². The summed E-state index contributed by atoms with van der Waals surface area (Å²) in [6, 6.07) is 6.31. The van der Waals surface area contributed by atoms with E-state index < -0.39 is 5.97 Å². The van der Waals surface area contributed by atoms with Gasteiger partial charge in [0.05, 0.1) is 17.7 Å². The van der Waals surface area contributed by atoms with E-state index in [0.717, 1.165) is 12.8 Å². The van der Waals surface area contributed by atoms with Crippen molar-refractivity contribution in [2.75, 3.05) is 6.61 Å². The molecule has 102 valence electrons. The Morgan fingerprint density at radius 3 is 2.68 bits per heavy atom. The number of hydrogen-bond donors (Lipinski definition) is 1. The quantitative estimate of drug-likeness (QED) is 0.726. The zero-order valence-electron chi connectivity index (χ0n) is 11.2. The fourth-order valence-corrected chi connectivity index (χ4v) is 1.76. The molecular formula is C15H19NO3. The summed E-state index contributed by atoms with van der Waals surface area (Å²) in [6.45, 7) is 2.73. The third-order valence-electron chi connectivity index (χ3n) is 2.85. The highest BCUT2D eigenvalue weighted by molar-refractivity contribution is 5.88. The molecule has 0 bridgehead atoms. The van der Waals surface area contributed by atoms with Gasteiger partial charge < -0.3 is 9.84 Å². The maximum absolute atomic E-state index is 10.8. The summed E-state index contributed by atoms with van der Waals surface area (Å²) in [5, 5.41) is 17.8. The monoisotopic (exact) mass is 261 g/mol. The second kappa shape index (κ2) is 8.15. The lowest BCUT2D eigenvalue weighted by Crippen LogP contribution is -2.02. The molecule has 1 N–H and O–H groups in total. The molecule has 0 atom stereocenters. The second-order valence-electron chi connectivity index (χ2n) is 4.39. The number of nitrogens with zero attached hydrogens (tertiary/aromatic N) is 1. The average Bonchev–Trinajstić information content (AvgIpc) is 2.42. The van der Waals surface area contributed by atoms with Gasteiger partial charge in [0.15, 0.2) is 0 Å². The number of hydrogen-bond acceptors (Lipinski definition) is 3. The highest BCUT2D eigenvalue weighted by Crippen LogP contribution is 2.20. The van der Waals surface area contributed by atoms with Crippen molar-refractivity contribution in [2.45, 2.75) is 39.0 Å². The van der Waals surface area contributed by atoms with Crippen LogP contribution in [0.15, 0.2) is 18.2 Å². The first-order chi connectivity index (χ1) is 9.19. The first-order valence-electron chi connectivity index (χ1n) is 6.59. The Morgan fingerprint density at radius 1 is 1.32 bits per heavy atom. The fourth-order valence-electron chi connectivity index (χ4n) is 1.76. The summed E-state index contributed by atoms with van der Waals surface area (Å²) in [6.07, 6.45) is 5.70. The van der Waals surface area contributed by atoms with Crippen LogP contribution in [0.1, 0.15) is 54.9 Å². The van der Waals surface area contributed by atoms with Gasteiger partial charge >= 0.3 is 5.97 Å². The molecule has 0 saturated heterocycles. The van der Waals surface area contributed by atoms with E-state index in [1.54, 1.807) is 6.07 Å². The summed E-state index contributed by atoms with van der Waals surface area (Å²) >= 11 is 0. The van der Waals surface area contributed by atoms with Crippen LogP contribution in [0.5, 0.6) is 5.75 Å². The Labute approximate surface area is 113 Å². The van der Waals surface area contributed by atoms with Crippen molar-refractivity contribution < 1.29 is 14.6 Å². The van der Waals surface area contributed by atoms with E-state index in [9.17, 15) is 4.79 Å². The van der Waals surface area contributed by atoms with Crippen molar-refractivity contribution in [3.8, 4) is 11.8 Å². The molecule has 1 aromatic rings. The summed E-state index contributed by atoms with van der Waals surface area (Å²) in [5.41, 5.74) is 0.375. The minimum Gasteiger partial charge on any atom is -0.492 e. The fraction of sp³-hybridized carbons (Fsp3) is 0.467. The van der Waals surface area contributed by atoms with Gasteiger partial charge in [0.1, 0.15) is 11.8 Å². The van der Waals surface area contributed by atoms with Crippen molar-refractivity contribution >= 4 is 5.97 Å². The topological polar surface area (TPSA) is 70.3 Å². The molecule has 19 heavy (non-hydrogen) atoms. The molecule has 0 radical (unpaired) electrons. The van der Waals surface area contributed by atoms with Gasteiger partial charge in [0.25, 0.3) is 0 Å². The van der Waals surface area contributed by atoms with Gasteiger partial charge in [-0.25, -0.2) is 4.79 Å². The normalized spacial score (nSPS) is 9.89. The summed E-state index contributed by atoms with van der Waals surface area (Å²) in [4.78, 5) is 10.8. The molecule has 0 spiro atoms.